The molecule has 1 saturated carbocycles. The quantitative estimate of drug-likeness (QED) is 0.613. The third-order valence-electron chi connectivity index (χ3n) is 7.50. The van der Waals surface area contributed by atoms with Gasteiger partial charge in [0.15, 0.2) is 6.29 Å². The number of ether oxygens (including phenoxy) is 3. The van der Waals surface area contributed by atoms with Crippen LogP contribution in [0, 0.1) is 17.8 Å². The van der Waals surface area contributed by atoms with Gasteiger partial charge < -0.3 is 29.5 Å². The second kappa shape index (κ2) is 10.4. The first kappa shape index (κ1) is 24.6. The van der Waals surface area contributed by atoms with Gasteiger partial charge in [0.25, 0.3) is 0 Å². The van der Waals surface area contributed by atoms with Gasteiger partial charge in [0.2, 0.25) is 0 Å². The van der Waals surface area contributed by atoms with Crippen LogP contribution in [0.1, 0.15) is 46.1 Å². The normalized spacial score (nSPS) is 39.6. The average molecular weight is 459 g/mol. The van der Waals surface area contributed by atoms with Crippen LogP contribution < -0.4 is 0 Å². The lowest BCUT2D eigenvalue weighted by Crippen LogP contribution is -2.58. The number of aliphatic hydroxyl groups excluding tert-OH is 3. The second-order valence-corrected chi connectivity index (χ2v) is 10.0. The minimum Gasteiger partial charge on any atom is -0.390 e. The number of hydrogen-bond acceptors (Lipinski definition) is 6. The second-order valence-electron chi connectivity index (χ2n) is 10.0. The fraction of sp³-hybridized carbons (Fsp3) is 0.630. The standard InChI is InChI=1S/C27H38O6/c1-5-21-23(29)22(28)17(4)27(32-21)33-26-16(3)12-15(2)25(24(26)30)31-14-18-10-11-19-8-6-7-9-20(19)13-18/h6-11,13,15-17,21-30H,5,12,14H2,1-4H3/t15-,16?,17?,21?,22-,23+,24-,25?,26+,27+/m1/s1. The van der Waals surface area contributed by atoms with Gasteiger partial charge in [0, 0.05) is 5.92 Å². The van der Waals surface area contributed by atoms with E-state index in [4.69, 9.17) is 14.2 Å². The Bertz CT molecular complexity index is 916. The van der Waals surface area contributed by atoms with E-state index in [1.807, 2.05) is 19.1 Å². The van der Waals surface area contributed by atoms with Gasteiger partial charge in [0.05, 0.1) is 31.0 Å². The average Bonchev–Trinajstić information content (AvgIpc) is 2.81. The predicted octanol–water partition coefficient (Wildman–Crippen LogP) is 3.64. The van der Waals surface area contributed by atoms with Crippen molar-refractivity contribution in [1.29, 1.82) is 0 Å². The van der Waals surface area contributed by atoms with Crippen LogP contribution in [0.2, 0.25) is 0 Å². The molecule has 2 aromatic carbocycles. The highest BCUT2D eigenvalue weighted by molar-refractivity contribution is 5.82. The van der Waals surface area contributed by atoms with Crippen LogP contribution >= 0.6 is 0 Å². The van der Waals surface area contributed by atoms with Crippen molar-refractivity contribution < 1.29 is 29.5 Å². The Labute approximate surface area is 196 Å². The van der Waals surface area contributed by atoms with Gasteiger partial charge in [0.1, 0.15) is 12.2 Å². The fourth-order valence-corrected chi connectivity index (χ4v) is 5.43. The molecule has 6 heteroatoms. The molecular weight excluding hydrogens is 420 g/mol. The van der Waals surface area contributed by atoms with Crippen LogP contribution in [0.5, 0.6) is 0 Å². The molecule has 0 bridgehead atoms. The van der Waals surface area contributed by atoms with Crippen molar-refractivity contribution in [2.45, 2.75) is 90.1 Å². The number of rotatable bonds is 6. The molecule has 2 aromatic rings. The van der Waals surface area contributed by atoms with Crippen molar-refractivity contribution in [2.75, 3.05) is 0 Å². The van der Waals surface area contributed by atoms with Crippen LogP contribution in [0.3, 0.4) is 0 Å². The lowest BCUT2D eigenvalue weighted by molar-refractivity contribution is -0.311. The summed E-state index contributed by atoms with van der Waals surface area (Å²) in [6.45, 7) is 8.30. The first-order valence-electron chi connectivity index (χ1n) is 12.2. The SMILES string of the molecule is CCC1O[C@@H](O[C@H]2C(C)C[C@@H](C)C(OCc3ccc4ccccc4c3)[C@H]2O)C(C)[C@@H](O)[C@H]1O. The lowest BCUT2D eigenvalue weighted by atomic mass is 9.77. The summed E-state index contributed by atoms with van der Waals surface area (Å²) < 4.78 is 18.5. The van der Waals surface area contributed by atoms with Crippen molar-refractivity contribution in [3.05, 3.63) is 48.0 Å². The number of hydrogen-bond donors (Lipinski definition) is 3. The van der Waals surface area contributed by atoms with E-state index in [2.05, 4.69) is 44.2 Å². The Kier molecular flexibility index (Phi) is 7.73. The minimum absolute atomic E-state index is 0.107. The summed E-state index contributed by atoms with van der Waals surface area (Å²) in [5.74, 6) is -0.121. The molecule has 0 amide bonds. The highest BCUT2D eigenvalue weighted by Crippen LogP contribution is 2.37. The van der Waals surface area contributed by atoms with Crippen molar-refractivity contribution in [3.63, 3.8) is 0 Å². The topological polar surface area (TPSA) is 88.4 Å². The van der Waals surface area contributed by atoms with Crippen LogP contribution in [0.25, 0.3) is 10.8 Å². The van der Waals surface area contributed by atoms with E-state index >= 15 is 0 Å². The number of fused-ring (bicyclic) bond motifs is 1. The van der Waals surface area contributed by atoms with E-state index in [1.165, 1.54) is 10.8 Å². The molecule has 2 fully saturated rings. The zero-order chi connectivity index (χ0) is 23.7. The molecular formula is C27H38O6. The predicted molar refractivity (Wildman–Crippen MR) is 126 cm³/mol. The first-order chi connectivity index (χ1) is 15.8. The molecule has 1 aliphatic heterocycles. The van der Waals surface area contributed by atoms with Gasteiger partial charge in [-0.15, -0.1) is 0 Å². The third-order valence-corrected chi connectivity index (χ3v) is 7.50. The summed E-state index contributed by atoms with van der Waals surface area (Å²) in [5, 5.41) is 34.3. The summed E-state index contributed by atoms with van der Waals surface area (Å²) in [4.78, 5) is 0. The van der Waals surface area contributed by atoms with E-state index < -0.39 is 42.7 Å². The molecule has 3 N–H and O–H groups in total. The Morgan fingerprint density at radius 3 is 2.30 bits per heavy atom. The zero-order valence-corrected chi connectivity index (χ0v) is 20.0. The van der Waals surface area contributed by atoms with E-state index in [1.54, 1.807) is 6.92 Å². The third kappa shape index (κ3) is 5.11. The van der Waals surface area contributed by atoms with Gasteiger partial charge >= 0.3 is 0 Å². The molecule has 0 spiro atoms. The number of aliphatic hydroxyl groups is 3. The molecule has 1 aliphatic carbocycles. The molecule has 6 nitrogen and oxygen atoms in total. The van der Waals surface area contributed by atoms with Gasteiger partial charge in [-0.1, -0.05) is 64.1 Å². The molecule has 0 aromatic heterocycles. The van der Waals surface area contributed by atoms with E-state index in [-0.39, 0.29) is 17.9 Å². The smallest absolute Gasteiger partial charge is 0.163 e. The molecule has 2 aliphatic rings. The van der Waals surface area contributed by atoms with E-state index in [9.17, 15) is 15.3 Å². The van der Waals surface area contributed by atoms with Crippen LogP contribution in [0.4, 0.5) is 0 Å². The summed E-state index contributed by atoms with van der Waals surface area (Å²) in [5.41, 5.74) is 1.07. The zero-order valence-electron chi connectivity index (χ0n) is 20.0. The number of benzene rings is 2. The Morgan fingerprint density at radius 2 is 1.58 bits per heavy atom. The van der Waals surface area contributed by atoms with Gasteiger partial charge in [-0.25, -0.2) is 0 Å². The summed E-state index contributed by atoms with van der Waals surface area (Å²) in [6, 6.07) is 14.5. The highest BCUT2D eigenvalue weighted by Gasteiger charge is 2.47. The minimum atomic E-state index is -0.934. The Balaban J connectivity index is 1.44. The van der Waals surface area contributed by atoms with Crippen LogP contribution in [0.15, 0.2) is 42.5 Å². The van der Waals surface area contributed by atoms with Crippen molar-refractivity contribution in [3.8, 4) is 0 Å². The molecule has 10 atom stereocenters. The van der Waals surface area contributed by atoms with Crippen molar-refractivity contribution >= 4 is 10.8 Å². The van der Waals surface area contributed by atoms with Gasteiger partial charge in [-0.05, 0) is 47.1 Å². The van der Waals surface area contributed by atoms with E-state index in [0.717, 1.165) is 12.0 Å². The van der Waals surface area contributed by atoms with Crippen LogP contribution in [-0.2, 0) is 20.8 Å². The molecule has 1 saturated heterocycles. The monoisotopic (exact) mass is 458 g/mol. The maximum atomic E-state index is 11.3. The molecule has 1 heterocycles. The van der Waals surface area contributed by atoms with E-state index in [0.29, 0.717) is 13.0 Å². The summed E-state index contributed by atoms with van der Waals surface area (Å²) in [6.07, 6.45) is -3.27. The lowest BCUT2D eigenvalue weighted by Gasteiger charge is -2.47. The van der Waals surface area contributed by atoms with Gasteiger partial charge in [-0.3, -0.25) is 0 Å². The molecule has 4 unspecified atom stereocenters. The molecule has 182 valence electrons. The summed E-state index contributed by atoms with van der Waals surface area (Å²) >= 11 is 0. The first-order valence-corrected chi connectivity index (χ1v) is 12.2. The maximum absolute atomic E-state index is 11.3. The molecule has 4 rings (SSSR count). The van der Waals surface area contributed by atoms with Crippen LogP contribution in [-0.4, -0.2) is 58.2 Å². The summed E-state index contributed by atoms with van der Waals surface area (Å²) in [7, 11) is 0. The maximum Gasteiger partial charge on any atom is 0.163 e. The Morgan fingerprint density at radius 1 is 0.879 bits per heavy atom. The highest BCUT2D eigenvalue weighted by atomic mass is 16.7. The van der Waals surface area contributed by atoms with Gasteiger partial charge in [-0.2, -0.15) is 0 Å². The molecule has 33 heavy (non-hydrogen) atoms. The fourth-order valence-electron chi connectivity index (χ4n) is 5.43. The van der Waals surface area contributed by atoms with Crippen molar-refractivity contribution in [1.82, 2.24) is 0 Å². The van der Waals surface area contributed by atoms with Crippen molar-refractivity contribution in [2.24, 2.45) is 17.8 Å². The Hall–Kier alpha value is -1.54. The molecule has 0 radical (unpaired) electrons. The largest absolute Gasteiger partial charge is 0.390 e.